The molecule has 7 nitrogen and oxygen atoms in total. The number of halogens is 3. The van der Waals surface area contributed by atoms with Gasteiger partial charge in [0.2, 0.25) is 0 Å². The molecule has 11 heteroatoms. The molecule has 1 aliphatic heterocycles. The number of hydrogen-bond donors (Lipinski definition) is 2. The minimum Gasteiger partial charge on any atom is -0.324 e. The lowest BCUT2D eigenvalue weighted by Gasteiger charge is -2.39. The predicted octanol–water partition coefficient (Wildman–Crippen LogP) is 7.00. The molecule has 3 aromatic carbocycles. The Hall–Kier alpha value is -2.59. The van der Waals surface area contributed by atoms with E-state index < -0.39 is 15.7 Å². The summed E-state index contributed by atoms with van der Waals surface area (Å²) in [7, 11) is -3.37. The summed E-state index contributed by atoms with van der Waals surface area (Å²) in [5.41, 5.74) is 2.08. The van der Waals surface area contributed by atoms with Crippen LogP contribution in [-0.4, -0.2) is 44.6 Å². The van der Waals surface area contributed by atoms with E-state index in [-0.39, 0.29) is 37.6 Å². The summed E-state index contributed by atoms with van der Waals surface area (Å²) >= 11 is 16.3. The molecule has 0 saturated carbocycles. The van der Waals surface area contributed by atoms with Crippen LogP contribution in [0.3, 0.4) is 0 Å². The van der Waals surface area contributed by atoms with Crippen LogP contribution < -0.4 is 10.6 Å². The maximum absolute atomic E-state index is 12.9. The summed E-state index contributed by atoms with van der Waals surface area (Å²) in [6, 6.07) is 16.6. The summed E-state index contributed by atoms with van der Waals surface area (Å²) in [6.07, 6.45) is 2.76. The lowest BCUT2D eigenvalue weighted by Crippen LogP contribution is -2.45. The highest BCUT2D eigenvalue weighted by atomic mass is 79.9. The van der Waals surface area contributed by atoms with Gasteiger partial charge < -0.3 is 15.5 Å². The van der Waals surface area contributed by atoms with Crippen LogP contribution in [0.15, 0.2) is 70.0 Å². The Labute approximate surface area is 240 Å². The Morgan fingerprint density at radius 2 is 1.47 bits per heavy atom. The van der Waals surface area contributed by atoms with Crippen molar-refractivity contribution in [3.05, 3.63) is 86.3 Å². The van der Waals surface area contributed by atoms with Crippen molar-refractivity contribution in [2.45, 2.75) is 30.1 Å². The number of carbonyl (C=O) groups excluding carboxylic acids is 2. The zero-order chi connectivity index (χ0) is 27.7. The molecule has 3 amide bonds. The van der Waals surface area contributed by atoms with Gasteiger partial charge >= 0.3 is 6.03 Å². The SMILES string of the molecule is CC1(c2ccc(Br)cc2)CCN(C(=O)Nc2cc(Cl)c(NC(=O)c3ccc(S(C)(=O)=O)cc3)c(Cl)c2)CC1. The minimum absolute atomic E-state index is 0.00489. The van der Waals surface area contributed by atoms with Crippen molar-refractivity contribution in [2.75, 3.05) is 30.0 Å². The van der Waals surface area contributed by atoms with Crippen LogP contribution in [-0.2, 0) is 15.3 Å². The average molecular weight is 639 g/mol. The van der Waals surface area contributed by atoms with E-state index in [4.69, 9.17) is 23.2 Å². The maximum Gasteiger partial charge on any atom is 0.321 e. The molecule has 3 aromatic rings. The number of anilines is 2. The van der Waals surface area contributed by atoms with E-state index in [1.807, 2.05) is 12.1 Å². The van der Waals surface area contributed by atoms with Crippen LogP contribution in [0.25, 0.3) is 0 Å². The van der Waals surface area contributed by atoms with Gasteiger partial charge in [0.15, 0.2) is 9.84 Å². The minimum atomic E-state index is -3.37. The molecule has 1 heterocycles. The highest BCUT2D eigenvalue weighted by Crippen LogP contribution is 2.37. The quantitative estimate of drug-likeness (QED) is 0.315. The Balaban J connectivity index is 1.39. The topological polar surface area (TPSA) is 95.6 Å². The normalized spacial score (nSPS) is 15.1. The zero-order valence-corrected chi connectivity index (χ0v) is 24.6. The first-order valence-corrected chi connectivity index (χ1v) is 15.2. The standard InChI is InChI=1S/C27H26BrCl2N3O4S/c1-27(18-5-7-19(28)8-6-18)11-13-33(14-12-27)26(35)31-20-15-22(29)24(23(30)16-20)32-25(34)17-3-9-21(10-4-17)38(2,36)37/h3-10,15-16H,11-14H2,1-2H3,(H,31,35)(H,32,34). The number of likely N-dealkylation sites (tertiary alicyclic amines) is 1. The van der Waals surface area contributed by atoms with Crippen molar-refractivity contribution in [1.82, 2.24) is 4.90 Å². The van der Waals surface area contributed by atoms with Crippen LogP contribution >= 0.6 is 39.1 Å². The maximum atomic E-state index is 12.9. The van der Waals surface area contributed by atoms with Gasteiger partial charge in [0.1, 0.15) is 0 Å². The van der Waals surface area contributed by atoms with Crippen LogP contribution in [0.5, 0.6) is 0 Å². The molecule has 4 rings (SSSR count). The Bertz CT molecular complexity index is 1450. The van der Waals surface area contributed by atoms with Crippen LogP contribution in [0, 0.1) is 0 Å². The van der Waals surface area contributed by atoms with E-state index in [0.717, 1.165) is 23.6 Å². The van der Waals surface area contributed by atoms with Crippen molar-refractivity contribution < 1.29 is 18.0 Å². The van der Waals surface area contributed by atoms with Gasteiger partial charge in [-0.05, 0) is 72.4 Å². The summed E-state index contributed by atoms with van der Waals surface area (Å²) < 4.78 is 24.3. The first kappa shape index (κ1) is 28.4. The molecule has 1 aliphatic rings. The van der Waals surface area contributed by atoms with E-state index in [9.17, 15) is 18.0 Å². The van der Waals surface area contributed by atoms with Gasteiger partial charge in [-0.1, -0.05) is 58.2 Å². The lowest BCUT2D eigenvalue weighted by molar-refractivity contribution is 0.102. The van der Waals surface area contributed by atoms with Crippen molar-refractivity contribution in [1.29, 1.82) is 0 Å². The number of hydrogen-bond acceptors (Lipinski definition) is 4. The molecule has 1 saturated heterocycles. The largest absolute Gasteiger partial charge is 0.324 e. The van der Waals surface area contributed by atoms with E-state index in [0.29, 0.717) is 18.8 Å². The Morgan fingerprint density at radius 1 is 0.921 bits per heavy atom. The molecule has 0 radical (unpaired) electrons. The van der Waals surface area contributed by atoms with E-state index in [2.05, 4.69) is 45.6 Å². The van der Waals surface area contributed by atoms with Gasteiger partial charge in [0, 0.05) is 35.1 Å². The fourth-order valence-electron chi connectivity index (χ4n) is 4.35. The van der Waals surface area contributed by atoms with Gasteiger partial charge in [-0.2, -0.15) is 0 Å². The lowest BCUT2D eigenvalue weighted by atomic mass is 9.74. The van der Waals surface area contributed by atoms with Gasteiger partial charge in [-0.15, -0.1) is 0 Å². The van der Waals surface area contributed by atoms with Crippen molar-refractivity contribution in [2.24, 2.45) is 0 Å². The fraction of sp³-hybridized carbons (Fsp3) is 0.259. The summed E-state index contributed by atoms with van der Waals surface area (Å²) in [5.74, 6) is -0.507. The Morgan fingerprint density at radius 3 is 2.00 bits per heavy atom. The molecule has 2 N–H and O–H groups in total. The van der Waals surface area contributed by atoms with Crippen LogP contribution in [0.1, 0.15) is 35.7 Å². The predicted molar refractivity (Wildman–Crippen MR) is 155 cm³/mol. The summed E-state index contributed by atoms with van der Waals surface area (Å²) in [5, 5.41) is 5.79. The average Bonchev–Trinajstić information content (AvgIpc) is 2.86. The van der Waals surface area contributed by atoms with Gasteiger partial charge in [-0.25, -0.2) is 13.2 Å². The molecule has 0 aliphatic carbocycles. The number of nitrogens with one attached hydrogen (secondary N) is 2. The monoisotopic (exact) mass is 637 g/mol. The smallest absolute Gasteiger partial charge is 0.321 e. The van der Waals surface area contributed by atoms with E-state index >= 15 is 0 Å². The third-order valence-electron chi connectivity index (χ3n) is 6.77. The van der Waals surface area contributed by atoms with Crippen molar-refractivity contribution in [3.8, 4) is 0 Å². The molecule has 0 unspecified atom stereocenters. The molecular formula is C27H26BrCl2N3O4S. The number of amides is 3. The van der Waals surface area contributed by atoms with Crippen LogP contribution in [0.4, 0.5) is 16.2 Å². The number of rotatable bonds is 5. The van der Waals surface area contributed by atoms with Crippen molar-refractivity contribution in [3.63, 3.8) is 0 Å². The molecule has 0 aromatic heterocycles. The van der Waals surface area contributed by atoms with Gasteiger partial charge in [-0.3, -0.25) is 4.79 Å². The third kappa shape index (κ3) is 6.51. The van der Waals surface area contributed by atoms with Crippen LogP contribution in [0.2, 0.25) is 10.0 Å². The number of nitrogens with zero attached hydrogens (tertiary/aromatic N) is 1. The Kier molecular flexibility index (Phi) is 8.42. The molecule has 200 valence electrons. The van der Waals surface area contributed by atoms with Gasteiger partial charge in [0.25, 0.3) is 5.91 Å². The fourth-order valence-corrected chi connectivity index (χ4v) is 5.83. The number of sulfone groups is 1. The second-order valence-electron chi connectivity index (χ2n) is 9.55. The molecule has 0 bridgehead atoms. The highest BCUT2D eigenvalue weighted by Gasteiger charge is 2.33. The highest BCUT2D eigenvalue weighted by molar-refractivity contribution is 9.10. The first-order chi connectivity index (χ1) is 17.9. The zero-order valence-electron chi connectivity index (χ0n) is 20.7. The second kappa shape index (κ2) is 11.3. The molecule has 0 spiro atoms. The molecule has 0 atom stereocenters. The number of piperidine rings is 1. The first-order valence-electron chi connectivity index (χ1n) is 11.8. The van der Waals surface area contributed by atoms with E-state index in [1.54, 1.807) is 4.90 Å². The molecule has 38 heavy (non-hydrogen) atoms. The number of benzene rings is 3. The molecular weight excluding hydrogens is 613 g/mol. The number of urea groups is 1. The number of carbonyl (C=O) groups is 2. The third-order valence-corrected chi connectivity index (χ3v) is 9.03. The van der Waals surface area contributed by atoms with Crippen molar-refractivity contribution >= 4 is 72.3 Å². The summed E-state index contributed by atoms with van der Waals surface area (Å²) in [4.78, 5) is 27.5. The van der Waals surface area contributed by atoms with E-state index in [1.165, 1.54) is 42.0 Å². The summed E-state index contributed by atoms with van der Waals surface area (Å²) in [6.45, 7) is 3.43. The second-order valence-corrected chi connectivity index (χ2v) is 13.3. The van der Waals surface area contributed by atoms with Gasteiger partial charge in [0.05, 0.1) is 20.6 Å². The molecule has 1 fully saturated rings.